The molecule has 0 spiro atoms. The van der Waals surface area contributed by atoms with Crippen LogP contribution in [-0.2, 0) is 6.54 Å². The predicted octanol–water partition coefficient (Wildman–Crippen LogP) is 2.54. The molecule has 3 nitrogen and oxygen atoms in total. The normalized spacial score (nSPS) is 20.7. The number of alkyl halides is 3. The third-order valence-corrected chi connectivity index (χ3v) is 3.25. The monoisotopic (exact) mass is 275 g/mol. The molecular formula is C13H16F3NO2. The van der Waals surface area contributed by atoms with Gasteiger partial charge in [-0.3, -0.25) is 4.90 Å². The van der Waals surface area contributed by atoms with Crippen LogP contribution in [0, 0.1) is 0 Å². The quantitative estimate of drug-likeness (QED) is 0.916. The van der Waals surface area contributed by atoms with Gasteiger partial charge in [-0.2, -0.15) is 0 Å². The van der Waals surface area contributed by atoms with Crippen molar-refractivity contribution in [1.29, 1.82) is 0 Å². The molecule has 0 amide bonds. The molecule has 1 aromatic carbocycles. The van der Waals surface area contributed by atoms with Crippen LogP contribution in [0.2, 0.25) is 0 Å². The van der Waals surface area contributed by atoms with E-state index < -0.39 is 6.36 Å². The van der Waals surface area contributed by atoms with Gasteiger partial charge >= 0.3 is 6.36 Å². The van der Waals surface area contributed by atoms with Gasteiger partial charge in [0.25, 0.3) is 0 Å². The lowest BCUT2D eigenvalue weighted by molar-refractivity contribution is -0.274. The van der Waals surface area contributed by atoms with Crippen LogP contribution < -0.4 is 4.74 Å². The largest absolute Gasteiger partial charge is 0.573 e. The molecule has 1 aromatic rings. The summed E-state index contributed by atoms with van der Waals surface area (Å²) in [4.78, 5) is 2.14. The smallest absolute Gasteiger partial charge is 0.406 e. The van der Waals surface area contributed by atoms with Crippen LogP contribution in [0.4, 0.5) is 13.2 Å². The Balaban J connectivity index is 1.95. The van der Waals surface area contributed by atoms with Gasteiger partial charge in [-0.1, -0.05) is 12.1 Å². The Hall–Kier alpha value is -1.27. The molecule has 106 valence electrons. The molecule has 1 aliphatic rings. The Bertz CT molecular complexity index is 405. The highest BCUT2D eigenvalue weighted by Crippen LogP contribution is 2.24. The van der Waals surface area contributed by atoms with E-state index in [1.165, 1.54) is 12.1 Å². The first kappa shape index (κ1) is 14.1. The number of benzene rings is 1. The van der Waals surface area contributed by atoms with Crippen LogP contribution in [0.3, 0.4) is 0 Å². The molecule has 1 unspecified atom stereocenters. The third kappa shape index (κ3) is 4.11. The highest BCUT2D eigenvalue weighted by molar-refractivity contribution is 5.27. The Labute approximate surface area is 109 Å². The number of hydrogen-bond donors (Lipinski definition) is 1. The van der Waals surface area contributed by atoms with Crippen molar-refractivity contribution >= 4 is 0 Å². The first-order valence-electron chi connectivity index (χ1n) is 6.17. The second kappa shape index (κ2) is 5.79. The van der Waals surface area contributed by atoms with E-state index in [1.807, 2.05) is 0 Å². The minimum absolute atomic E-state index is 0.120. The summed E-state index contributed by atoms with van der Waals surface area (Å²) in [5.41, 5.74) is 0.912. The maximum absolute atomic E-state index is 12.0. The van der Waals surface area contributed by atoms with Gasteiger partial charge in [-0.15, -0.1) is 13.2 Å². The van der Waals surface area contributed by atoms with Crippen molar-refractivity contribution in [2.75, 3.05) is 13.2 Å². The van der Waals surface area contributed by atoms with Crippen LogP contribution in [0.25, 0.3) is 0 Å². The lowest BCUT2D eigenvalue weighted by atomic mass is 10.2. The van der Waals surface area contributed by atoms with Crippen molar-refractivity contribution in [1.82, 2.24) is 4.90 Å². The molecule has 1 fully saturated rings. The highest BCUT2D eigenvalue weighted by atomic mass is 19.4. The van der Waals surface area contributed by atoms with Crippen molar-refractivity contribution in [3.63, 3.8) is 0 Å². The van der Waals surface area contributed by atoms with E-state index in [-0.39, 0.29) is 18.4 Å². The molecule has 1 N–H and O–H groups in total. The minimum Gasteiger partial charge on any atom is -0.406 e. The number of likely N-dealkylation sites (tertiary alicyclic amines) is 1. The number of ether oxygens (including phenoxy) is 1. The fourth-order valence-corrected chi connectivity index (χ4v) is 2.34. The summed E-state index contributed by atoms with van der Waals surface area (Å²) in [5.74, 6) is -0.212. The van der Waals surface area contributed by atoms with Crippen molar-refractivity contribution in [2.45, 2.75) is 31.8 Å². The number of aliphatic hydroxyl groups is 1. The summed E-state index contributed by atoms with van der Waals surface area (Å²) < 4.78 is 39.8. The maximum Gasteiger partial charge on any atom is 0.573 e. The molecule has 1 atom stereocenters. The zero-order valence-corrected chi connectivity index (χ0v) is 10.4. The first-order valence-corrected chi connectivity index (χ1v) is 6.17. The van der Waals surface area contributed by atoms with E-state index in [0.29, 0.717) is 6.54 Å². The summed E-state index contributed by atoms with van der Waals surface area (Å²) in [6.07, 6.45) is -2.65. The van der Waals surface area contributed by atoms with Gasteiger partial charge in [-0.05, 0) is 37.1 Å². The summed E-state index contributed by atoms with van der Waals surface area (Å²) in [5, 5.41) is 9.20. The van der Waals surface area contributed by atoms with Gasteiger partial charge in [0.1, 0.15) is 5.75 Å². The average molecular weight is 275 g/mol. The Morgan fingerprint density at radius 1 is 1.26 bits per heavy atom. The second-order valence-corrected chi connectivity index (χ2v) is 4.64. The highest BCUT2D eigenvalue weighted by Gasteiger charge is 2.31. The molecule has 1 heterocycles. The summed E-state index contributed by atoms with van der Waals surface area (Å²) >= 11 is 0. The van der Waals surface area contributed by atoms with E-state index in [2.05, 4.69) is 9.64 Å². The van der Waals surface area contributed by atoms with Crippen LogP contribution in [0.15, 0.2) is 24.3 Å². The number of aliphatic hydroxyl groups excluding tert-OH is 1. The number of rotatable bonds is 4. The van der Waals surface area contributed by atoms with E-state index in [0.717, 1.165) is 24.9 Å². The lowest BCUT2D eigenvalue weighted by Gasteiger charge is -2.22. The van der Waals surface area contributed by atoms with Gasteiger partial charge < -0.3 is 9.84 Å². The molecule has 0 aromatic heterocycles. The summed E-state index contributed by atoms with van der Waals surface area (Å²) in [7, 11) is 0. The van der Waals surface area contributed by atoms with Gasteiger partial charge in [0.2, 0.25) is 0 Å². The second-order valence-electron chi connectivity index (χ2n) is 4.64. The van der Waals surface area contributed by atoms with Crippen molar-refractivity contribution in [3.8, 4) is 5.75 Å². The Morgan fingerprint density at radius 3 is 2.53 bits per heavy atom. The standard InChI is InChI=1S/C13H16F3NO2/c14-13(15,16)19-12-5-3-10(4-6-12)8-17-7-1-2-11(17)9-18/h3-6,11,18H,1-2,7-9H2. The van der Waals surface area contributed by atoms with Gasteiger partial charge in [0.15, 0.2) is 0 Å². The Morgan fingerprint density at radius 2 is 1.95 bits per heavy atom. The Kier molecular flexibility index (Phi) is 4.31. The lowest BCUT2D eigenvalue weighted by Crippen LogP contribution is -2.31. The van der Waals surface area contributed by atoms with Gasteiger partial charge in [0, 0.05) is 12.6 Å². The zero-order valence-electron chi connectivity index (χ0n) is 10.4. The average Bonchev–Trinajstić information content (AvgIpc) is 2.77. The summed E-state index contributed by atoms with van der Waals surface area (Å²) in [6, 6.07) is 6.02. The number of halogens is 3. The van der Waals surface area contributed by atoms with Crippen LogP contribution in [0.5, 0.6) is 5.75 Å². The summed E-state index contributed by atoms with van der Waals surface area (Å²) in [6.45, 7) is 1.67. The van der Waals surface area contributed by atoms with Crippen molar-refractivity contribution in [2.24, 2.45) is 0 Å². The molecule has 6 heteroatoms. The molecule has 1 aliphatic heterocycles. The first-order chi connectivity index (χ1) is 8.98. The fourth-order valence-electron chi connectivity index (χ4n) is 2.34. The number of hydrogen-bond acceptors (Lipinski definition) is 3. The topological polar surface area (TPSA) is 32.7 Å². The van der Waals surface area contributed by atoms with Gasteiger partial charge in [0.05, 0.1) is 6.61 Å². The predicted molar refractivity (Wildman–Crippen MR) is 63.6 cm³/mol. The SMILES string of the molecule is OCC1CCCN1Cc1ccc(OC(F)(F)F)cc1. The van der Waals surface area contributed by atoms with E-state index in [1.54, 1.807) is 12.1 Å². The molecule has 0 aliphatic carbocycles. The van der Waals surface area contributed by atoms with Crippen molar-refractivity contribution in [3.05, 3.63) is 29.8 Å². The molecule has 1 saturated heterocycles. The van der Waals surface area contributed by atoms with Gasteiger partial charge in [-0.25, -0.2) is 0 Å². The molecule has 0 saturated carbocycles. The molecule has 0 bridgehead atoms. The van der Waals surface area contributed by atoms with E-state index in [4.69, 9.17) is 0 Å². The third-order valence-electron chi connectivity index (χ3n) is 3.25. The van der Waals surface area contributed by atoms with Crippen molar-refractivity contribution < 1.29 is 23.0 Å². The molecule has 19 heavy (non-hydrogen) atoms. The fraction of sp³-hybridized carbons (Fsp3) is 0.538. The molecule has 0 radical (unpaired) electrons. The number of nitrogens with zero attached hydrogens (tertiary/aromatic N) is 1. The zero-order chi connectivity index (χ0) is 13.9. The minimum atomic E-state index is -4.65. The van der Waals surface area contributed by atoms with E-state index >= 15 is 0 Å². The van der Waals surface area contributed by atoms with E-state index in [9.17, 15) is 18.3 Å². The molecular weight excluding hydrogens is 259 g/mol. The molecule has 2 rings (SSSR count). The van der Waals surface area contributed by atoms with Crippen LogP contribution in [-0.4, -0.2) is 35.6 Å². The van der Waals surface area contributed by atoms with Crippen LogP contribution >= 0.6 is 0 Å². The van der Waals surface area contributed by atoms with Crippen LogP contribution in [0.1, 0.15) is 18.4 Å². The maximum atomic E-state index is 12.0.